The molecule has 7 nitrogen and oxygen atoms in total. The van der Waals surface area contributed by atoms with Crippen molar-refractivity contribution in [2.24, 2.45) is 12.8 Å². The number of anilines is 2. The van der Waals surface area contributed by atoms with E-state index in [1.807, 2.05) is 30.3 Å². The van der Waals surface area contributed by atoms with E-state index in [4.69, 9.17) is 5.73 Å². The SMILES string of the molecule is Cn1ncc2c(NC(C)(C)C(F)(F)F)nc(NCC(N)c3ccccc3)nc21. The first-order valence-corrected chi connectivity index (χ1v) is 8.67. The van der Waals surface area contributed by atoms with Crippen LogP contribution in [-0.2, 0) is 7.05 Å². The maximum absolute atomic E-state index is 13.3. The molecule has 150 valence electrons. The van der Waals surface area contributed by atoms with Crippen molar-refractivity contribution in [1.29, 1.82) is 0 Å². The highest BCUT2D eigenvalue weighted by atomic mass is 19.4. The van der Waals surface area contributed by atoms with Gasteiger partial charge in [0.05, 0.1) is 11.6 Å². The summed E-state index contributed by atoms with van der Waals surface area (Å²) >= 11 is 0. The van der Waals surface area contributed by atoms with E-state index in [1.54, 1.807) is 7.05 Å². The summed E-state index contributed by atoms with van der Waals surface area (Å²) in [5.41, 5.74) is 5.32. The molecule has 2 aromatic heterocycles. The maximum atomic E-state index is 13.3. The number of hydrogen-bond acceptors (Lipinski definition) is 6. The fourth-order valence-corrected chi connectivity index (χ4v) is 2.58. The molecular formula is C18H22F3N7. The molecule has 0 saturated carbocycles. The van der Waals surface area contributed by atoms with Crippen molar-refractivity contribution >= 4 is 22.8 Å². The number of benzene rings is 1. The van der Waals surface area contributed by atoms with Crippen LogP contribution < -0.4 is 16.4 Å². The highest BCUT2D eigenvalue weighted by molar-refractivity contribution is 5.87. The van der Waals surface area contributed by atoms with Gasteiger partial charge in [0.1, 0.15) is 11.4 Å². The van der Waals surface area contributed by atoms with Crippen molar-refractivity contribution in [2.45, 2.75) is 31.6 Å². The molecule has 1 unspecified atom stereocenters. The van der Waals surface area contributed by atoms with Crippen LogP contribution in [0.1, 0.15) is 25.5 Å². The molecule has 0 aliphatic heterocycles. The van der Waals surface area contributed by atoms with Gasteiger partial charge >= 0.3 is 6.18 Å². The second-order valence-electron chi connectivity index (χ2n) is 7.05. The van der Waals surface area contributed by atoms with Crippen LogP contribution in [-0.4, -0.2) is 38.0 Å². The number of nitrogens with two attached hydrogens (primary N) is 1. The largest absolute Gasteiger partial charge is 0.410 e. The predicted molar refractivity (Wildman–Crippen MR) is 102 cm³/mol. The molecule has 0 aliphatic carbocycles. The number of halogens is 3. The molecule has 0 fully saturated rings. The zero-order valence-electron chi connectivity index (χ0n) is 15.7. The first-order valence-electron chi connectivity index (χ1n) is 8.67. The fourth-order valence-electron chi connectivity index (χ4n) is 2.58. The number of hydrogen-bond donors (Lipinski definition) is 3. The third-order valence-electron chi connectivity index (χ3n) is 4.44. The summed E-state index contributed by atoms with van der Waals surface area (Å²) in [4.78, 5) is 8.59. The predicted octanol–water partition coefficient (Wildman–Crippen LogP) is 3.23. The molecule has 1 atom stereocenters. The summed E-state index contributed by atoms with van der Waals surface area (Å²) in [6.07, 6.45) is -3.03. The van der Waals surface area contributed by atoms with Gasteiger partial charge in [-0.3, -0.25) is 4.68 Å². The van der Waals surface area contributed by atoms with Crippen LogP contribution in [0.25, 0.3) is 11.0 Å². The van der Waals surface area contributed by atoms with Gasteiger partial charge in [0, 0.05) is 19.6 Å². The lowest BCUT2D eigenvalue weighted by Gasteiger charge is -2.29. The monoisotopic (exact) mass is 393 g/mol. The quantitative estimate of drug-likeness (QED) is 0.595. The third kappa shape index (κ3) is 4.01. The first-order chi connectivity index (χ1) is 13.1. The molecule has 2 heterocycles. The van der Waals surface area contributed by atoms with Crippen LogP contribution >= 0.6 is 0 Å². The van der Waals surface area contributed by atoms with Crippen molar-refractivity contribution in [1.82, 2.24) is 19.7 Å². The van der Waals surface area contributed by atoms with Crippen LogP contribution in [0.5, 0.6) is 0 Å². The normalized spacial score (nSPS) is 13.5. The Kier molecular flexibility index (Phi) is 5.16. The molecule has 3 rings (SSSR count). The Morgan fingerprint density at radius 1 is 1.14 bits per heavy atom. The molecule has 0 spiro atoms. The Morgan fingerprint density at radius 3 is 2.46 bits per heavy atom. The van der Waals surface area contributed by atoms with Crippen LogP contribution in [0.4, 0.5) is 24.9 Å². The van der Waals surface area contributed by atoms with E-state index < -0.39 is 11.7 Å². The average molecular weight is 393 g/mol. The van der Waals surface area contributed by atoms with Crippen LogP contribution in [0.2, 0.25) is 0 Å². The van der Waals surface area contributed by atoms with Gasteiger partial charge in [-0.05, 0) is 19.4 Å². The minimum atomic E-state index is -4.46. The van der Waals surface area contributed by atoms with Crippen molar-refractivity contribution in [3.63, 3.8) is 0 Å². The summed E-state index contributed by atoms with van der Waals surface area (Å²) in [7, 11) is 1.66. The van der Waals surface area contributed by atoms with E-state index in [-0.39, 0.29) is 17.8 Å². The molecular weight excluding hydrogens is 371 g/mol. The molecule has 0 aliphatic rings. The van der Waals surface area contributed by atoms with Crippen molar-refractivity contribution in [2.75, 3.05) is 17.2 Å². The van der Waals surface area contributed by atoms with E-state index in [1.165, 1.54) is 10.9 Å². The molecule has 28 heavy (non-hydrogen) atoms. The van der Waals surface area contributed by atoms with Crippen LogP contribution in [0.3, 0.4) is 0 Å². The molecule has 0 saturated heterocycles. The Labute approximate surface area is 160 Å². The summed E-state index contributed by atoms with van der Waals surface area (Å²) in [6, 6.07) is 9.13. The van der Waals surface area contributed by atoms with Crippen LogP contribution in [0, 0.1) is 0 Å². The maximum Gasteiger partial charge on any atom is 0.410 e. The Hall–Kier alpha value is -2.88. The second-order valence-corrected chi connectivity index (χ2v) is 7.05. The summed E-state index contributed by atoms with van der Waals surface area (Å²) < 4.78 is 41.4. The Bertz CT molecular complexity index is 951. The number of aromatic nitrogens is 4. The Morgan fingerprint density at radius 2 is 1.82 bits per heavy atom. The minimum Gasteiger partial charge on any atom is -0.356 e. The molecule has 3 aromatic rings. The van der Waals surface area contributed by atoms with Gasteiger partial charge in [0.25, 0.3) is 0 Å². The van der Waals surface area contributed by atoms with E-state index >= 15 is 0 Å². The smallest absolute Gasteiger partial charge is 0.356 e. The summed E-state index contributed by atoms with van der Waals surface area (Å²) in [5, 5.41) is 9.95. The molecule has 0 amide bonds. The van der Waals surface area contributed by atoms with Crippen molar-refractivity contribution < 1.29 is 13.2 Å². The molecule has 0 bridgehead atoms. The topological polar surface area (TPSA) is 93.7 Å². The molecule has 1 aromatic carbocycles. The number of nitrogens with one attached hydrogen (secondary N) is 2. The second kappa shape index (κ2) is 7.27. The third-order valence-corrected chi connectivity index (χ3v) is 4.44. The van der Waals surface area contributed by atoms with Gasteiger partial charge in [-0.25, -0.2) is 0 Å². The molecule has 0 radical (unpaired) electrons. The van der Waals surface area contributed by atoms with Gasteiger partial charge in [0.2, 0.25) is 5.95 Å². The van der Waals surface area contributed by atoms with Crippen molar-refractivity contribution in [3.8, 4) is 0 Å². The van der Waals surface area contributed by atoms with Crippen molar-refractivity contribution in [3.05, 3.63) is 42.1 Å². The lowest BCUT2D eigenvalue weighted by Crippen LogP contribution is -2.46. The Balaban J connectivity index is 1.88. The van der Waals surface area contributed by atoms with Gasteiger partial charge in [0.15, 0.2) is 5.65 Å². The fraction of sp³-hybridized carbons (Fsp3) is 0.389. The van der Waals surface area contributed by atoms with Gasteiger partial charge in [-0.2, -0.15) is 28.2 Å². The van der Waals surface area contributed by atoms with Gasteiger partial charge in [-0.1, -0.05) is 30.3 Å². The highest BCUT2D eigenvalue weighted by Gasteiger charge is 2.48. The molecule has 4 N–H and O–H groups in total. The summed E-state index contributed by atoms with van der Waals surface area (Å²) in [6.45, 7) is 2.42. The van der Waals surface area contributed by atoms with E-state index in [0.29, 0.717) is 17.6 Å². The number of fused-ring (bicyclic) bond motifs is 1. The van der Waals surface area contributed by atoms with Gasteiger partial charge in [-0.15, -0.1) is 0 Å². The first kappa shape index (κ1) is 19.9. The zero-order valence-corrected chi connectivity index (χ0v) is 15.7. The zero-order chi connectivity index (χ0) is 20.5. The van der Waals surface area contributed by atoms with Gasteiger partial charge < -0.3 is 16.4 Å². The number of rotatable bonds is 6. The average Bonchev–Trinajstić information content (AvgIpc) is 3.00. The lowest BCUT2D eigenvalue weighted by molar-refractivity contribution is -0.168. The minimum absolute atomic E-state index is 0.0520. The number of alkyl halides is 3. The lowest BCUT2D eigenvalue weighted by atomic mass is 10.1. The molecule has 10 heteroatoms. The standard InChI is InChI=1S/C18H22F3N7/c1-17(2,18(19,20)21)27-14-12-9-24-28(3)15(12)26-16(25-14)23-10-13(22)11-7-5-4-6-8-11/h4-9,13H,10,22H2,1-3H3,(H2,23,25,26,27). The van der Waals surface area contributed by atoms with E-state index in [9.17, 15) is 13.2 Å². The number of nitrogens with zero attached hydrogens (tertiary/aromatic N) is 4. The summed E-state index contributed by atoms with van der Waals surface area (Å²) in [5.74, 6) is 0.221. The number of aryl methyl sites for hydroxylation is 1. The van der Waals surface area contributed by atoms with E-state index in [2.05, 4.69) is 25.7 Å². The highest BCUT2D eigenvalue weighted by Crippen LogP contribution is 2.34. The van der Waals surface area contributed by atoms with Crippen LogP contribution in [0.15, 0.2) is 36.5 Å². The van der Waals surface area contributed by atoms with E-state index in [0.717, 1.165) is 19.4 Å².